The minimum absolute atomic E-state index is 0. The first-order valence-corrected chi connectivity index (χ1v) is 7.58. The van der Waals surface area contributed by atoms with Crippen LogP contribution < -0.4 is 0 Å². The molecule has 0 atom stereocenters. The van der Waals surface area contributed by atoms with Crippen molar-refractivity contribution in [1.82, 2.24) is 0 Å². The summed E-state index contributed by atoms with van der Waals surface area (Å²) in [5.41, 5.74) is 0. The van der Waals surface area contributed by atoms with Gasteiger partial charge in [0.05, 0.1) is 0 Å². The van der Waals surface area contributed by atoms with E-state index in [4.69, 9.17) is 4.55 Å². The molecule has 0 saturated heterocycles. The zero-order chi connectivity index (χ0) is 12.9. The fourth-order valence-corrected chi connectivity index (χ4v) is 1.58. The van der Waals surface area contributed by atoms with E-state index in [0.717, 1.165) is 18.6 Å². The van der Waals surface area contributed by atoms with Gasteiger partial charge in [0.2, 0.25) is 0 Å². The third-order valence-corrected chi connectivity index (χ3v) is 2.63. The first kappa shape index (κ1) is 22.7. The molecule has 100 valence electrons. The van der Waals surface area contributed by atoms with E-state index in [1.165, 1.54) is 32.1 Å². The molecule has 0 aromatic heterocycles. The molecule has 0 fully saturated rings. The molecule has 3 nitrogen and oxygen atoms in total. The summed E-state index contributed by atoms with van der Waals surface area (Å²) in [5, 5.41) is 0. The molecule has 0 aliphatic rings. The Hall–Kier alpha value is 0.533. The van der Waals surface area contributed by atoms with Crippen LogP contribution in [0.4, 0.5) is 0 Å². The van der Waals surface area contributed by atoms with E-state index in [-0.39, 0.29) is 19.5 Å². The van der Waals surface area contributed by atoms with Crippen LogP contribution in [0, 0.1) is 12.7 Å². The van der Waals surface area contributed by atoms with Crippen molar-refractivity contribution in [2.45, 2.75) is 65.2 Å². The van der Waals surface area contributed by atoms with Gasteiger partial charge in [-0.3, -0.25) is 0 Å². The summed E-state index contributed by atoms with van der Waals surface area (Å²) < 4.78 is 27.8. The minimum atomic E-state index is -3.81. The van der Waals surface area contributed by atoms with Gasteiger partial charge in [0.1, 0.15) is 10.1 Å². The topological polar surface area (TPSA) is 54.4 Å². The van der Waals surface area contributed by atoms with Gasteiger partial charge in [-0.05, 0) is 0 Å². The van der Waals surface area contributed by atoms with Crippen molar-refractivity contribution in [2.24, 2.45) is 0 Å². The zero-order valence-corrected chi connectivity index (χ0v) is 15.1. The minimum Gasteiger partial charge on any atom is -0.343 e. The third kappa shape index (κ3) is 31.5. The summed E-state index contributed by atoms with van der Waals surface area (Å²) in [6, 6.07) is 0. The number of hydrogen-bond donors (Lipinski definition) is 1. The van der Waals surface area contributed by atoms with Gasteiger partial charge in [-0.1, -0.05) is 52.4 Å². The second-order valence-electron chi connectivity index (χ2n) is 3.74. The van der Waals surface area contributed by atoms with Crippen LogP contribution in [0.15, 0.2) is 0 Å². The molecule has 0 spiro atoms. The summed E-state index contributed by atoms with van der Waals surface area (Å²) in [5.74, 6) is 0.896. The molecule has 0 heterocycles. The van der Waals surface area contributed by atoms with Crippen LogP contribution in [-0.2, 0) is 29.6 Å². The average molecular weight is 316 g/mol. The van der Waals surface area contributed by atoms with Gasteiger partial charge >= 0.3 is 19.5 Å². The predicted octanol–water partition coefficient (Wildman–Crippen LogP) is 4.01. The number of unbranched alkanes of at least 4 members (excludes halogenated alkanes) is 6. The van der Waals surface area contributed by atoms with Gasteiger partial charge in [0.15, 0.2) is 0 Å². The molecule has 0 rings (SSSR count). The Morgan fingerprint density at radius 3 is 1.88 bits per heavy atom. The summed E-state index contributed by atoms with van der Waals surface area (Å²) in [6.07, 6.45) is 9.13. The van der Waals surface area contributed by atoms with Gasteiger partial charge in [-0.2, -0.15) is 18.6 Å². The summed E-state index contributed by atoms with van der Waals surface area (Å²) in [4.78, 5) is 0. The second-order valence-corrected chi connectivity index (χ2v) is 5.10. The molecule has 1 N–H and O–H groups in total. The van der Waals surface area contributed by atoms with Crippen molar-refractivity contribution in [3.05, 3.63) is 12.7 Å². The Morgan fingerprint density at radius 2 is 1.59 bits per heavy atom. The van der Waals surface area contributed by atoms with E-state index in [2.05, 4.69) is 13.8 Å². The van der Waals surface area contributed by atoms with Crippen LogP contribution >= 0.6 is 0 Å². The predicted molar refractivity (Wildman–Crippen MR) is 69.5 cm³/mol. The zero-order valence-electron chi connectivity index (χ0n) is 11.3. The van der Waals surface area contributed by atoms with Gasteiger partial charge in [0, 0.05) is 0 Å². The molecular formula is C12H26O3SZn. The van der Waals surface area contributed by atoms with Crippen LogP contribution in [-0.4, -0.2) is 13.0 Å². The third-order valence-electron chi connectivity index (χ3n) is 1.97. The van der Waals surface area contributed by atoms with Gasteiger partial charge in [-0.25, -0.2) is 8.42 Å². The Labute approximate surface area is 120 Å². The smallest absolute Gasteiger partial charge is 0.343 e. The molecule has 0 aromatic rings. The summed E-state index contributed by atoms with van der Waals surface area (Å²) in [7, 11) is -3.81. The molecule has 0 amide bonds. The van der Waals surface area contributed by atoms with Gasteiger partial charge in [0.25, 0.3) is 0 Å². The van der Waals surface area contributed by atoms with Crippen molar-refractivity contribution < 1.29 is 32.4 Å². The molecule has 0 unspecified atom stereocenters. The first-order chi connectivity index (χ1) is 7.47. The average Bonchev–Trinajstić information content (AvgIpc) is 2.22. The molecule has 5 heteroatoms. The fraction of sp³-hybridized carbons (Fsp3) is 0.833. The maximum atomic E-state index is 9.89. The van der Waals surface area contributed by atoms with E-state index >= 15 is 0 Å². The van der Waals surface area contributed by atoms with Crippen LogP contribution in [0.2, 0.25) is 0 Å². The van der Waals surface area contributed by atoms with Gasteiger partial charge in [-0.15, -0.1) is 0 Å². The Balaban J connectivity index is -0.000000218. The SMILES string of the molecule is CCC[CH-]S(=O)(=O)O.[CH2-]CCCCCCC.[Zn+2]. The summed E-state index contributed by atoms with van der Waals surface area (Å²) >= 11 is 0. The Kier molecular flexibility index (Phi) is 22.1. The molecule has 17 heavy (non-hydrogen) atoms. The standard InChI is InChI=1S/C8H17.C4H9O3S.Zn/c1-3-5-7-8-6-4-2;1-2-3-4-8(5,6)7;/h1,3-8H2,2H3;4H,2-3H2,1H3,(H,5,6,7);/q2*-1;+2. The maximum Gasteiger partial charge on any atom is 2.00 e. The Morgan fingerprint density at radius 1 is 1.06 bits per heavy atom. The fourth-order valence-electron chi connectivity index (χ4n) is 1.05. The molecule has 0 bridgehead atoms. The number of rotatable bonds is 8. The molecule has 0 aromatic carbocycles. The van der Waals surface area contributed by atoms with Crippen LogP contribution in [0.25, 0.3) is 0 Å². The van der Waals surface area contributed by atoms with Crippen molar-refractivity contribution in [1.29, 1.82) is 0 Å². The quantitative estimate of drug-likeness (QED) is 0.318. The molecule has 0 aliphatic carbocycles. The maximum absolute atomic E-state index is 9.89. The van der Waals surface area contributed by atoms with Crippen LogP contribution in [0.1, 0.15) is 65.2 Å². The Bertz CT molecular complexity index is 210. The molecule has 0 aliphatic heterocycles. The number of hydrogen-bond acceptors (Lipinski definition) is 2. The van der Waals surface area contributed by atoms with Crippen LogP contribution in [0.5, 0.6) is 0 Å². The van der Waals surface area contributed by atoms with E-state index in [0.29, 0.717) is 6.42 Å². The normalized spacial score (nSPS) is 10.1. The summed E-state index contributed by atoms with van der Waals surface area (Å²) in [6.45, 7) is 7.86. The monoisotopic (exact) mass is 314 g/mol. The van der Waals surface area contributed by atoms with E-state index in [1.807, 2.05) is 6.92 Å². The molecule has 0 saturated carbocycles. The first-order valence-electron chi connectivity index (χ1n) is 6.07. The van der Waals surface area contributed by atoms with Crippen molar-refractivity contribution in [2.75, 3.05) is 0 Å². The molecular weight excluding hydrogens is 290 g/mol. The van der Waals surface area contributed by atoms with E-state index < -0.39 is 10.1 Å². The largest absolute Gasteiger partial charge is 2.00 e. The van der Waals surface area contributed by atoms with E-state index in [9.17, 15) is 8.42 Å². The van der Waals surface area contributed by atoms with Crippen molar-refractivity contribution >= 4 is 10.1 Å². The van der Waals surface area contributed by atoms with Crippen LogP contribution in [0.3, 0.4) is 0 Å². The van der Waals surface area contributed by atoms with E-state index in [1.54, 1.807) is 0 Å². The van der Waals surface area contributed by atoms with Crippen molar-refractivity contribution in [3.63, 3.8) is 0 Å². The van der Waals surface area contributed by atoms with Gasteiger partial charge < -0.3 is 11.5 Å². The molecule has 0 radical (unpaired) electrons. The second kappa shape index (κ2) is 16.5. The van der Waals surface area contributed by atoms with Crippen molar-refractivity contribution in [3.8, 4) is 0 Å².